The number of thiophene rings is 1. The molecular formula is C20H17FN2O3S. The number of aryl methyl sites for hydroxylation is 1. The number of rotatable bonds is 5. The van der Waals surface area contributed by atoms with Gasteiger partial charge >= 0.3 is 0 Å². The summed E-state index contributed by atoms with van der Waals surface area (Å²) >= 11 is 1.34. The molecule has 2 amide bonds. The van der Waals surface area contributed by atoms with Crippen molar-refractivity contribution in [1.82, 2.24) is 10.9 Å². The summed E-state index contributed by atoms with van der Waals surface area (Å²) in [4.78, 5) is 26.0. The summed E-state index contributed by atoms with van der Waals surface area (Å²) in [6, 6.07) is 16.1. The third kappa shape index (κ3) is 4.92. The molecule has 0 aliphatic carbocycles. The first-order chi connectivity index (χ1) is 13.0. The van der Waals surface area contributed by atoms with Crippen molar-refractivity contribution in [3.63, 3.8) is 0 Å². The molecule has 0 spiro atoms. The van der Waals surface area contributed by atoms with Crippen LogP contribution in [-0.4, -0.2) is 11.8 Å². The number of hydrazine groups is 1. The minimum atomic E-state index is -0.494. The number of nitrogens with one attached hydrogen (secondary N) is 2. The Morgan fingerprint density at radius 2 is 1.67 bits per heavy atom. The Hall–Kier alpha value is -3.19. The molecular weight excluding hydrogens is 367 g/mol. The normalized spacial score (nSPS) is 10.3. The first-order valence-electron chi connectivity index (χ1n) is 8.16. The van der Waals surface area contributed by atoms with Crippen LogP contribution >= 0.6 is 11.3 Å². The van der Waals surface area contributed by atoms with Crippen LogP contribution in [0, 0.1) is 12.7 Å². The Kier molecular flexibility index (Phi) is 5.83. The SMILES string of the molecule is Cc1ccc(C(=O)NNC(=O)c2ccccc2OCc2ccc(F)cc2)s1. The van der Waals surface area contributed by atoms with Crippen LogP contribution < -0.4 is 15.6 Å². The number of para-hydroxylation sites is 1. The summed E-state index contributed by atoms with van der Waals surface area (Å²) < 4.78 is 18.7. The van der Waals surface area contributed by atoms with Crippen LogP contribution in [0.5, 0.6) is 5.75 Å². The first kappa shape index (κ1) is 18.6. The second kappa shape index (κ2) is 8.46. The van der Waals surface area contributed by atoms with Gasteiger partial charge in [-0.15, -0.1) is 11.3 Å². The zero-order valence-corrected chi connectivity index (χ0v) is 15.3. The number of ether oxygens (including phenoxy) is 1. The highest BCUT2D eigenvalue weighted by Gasteiger charge is 2.14. The van der Waals surface area contributed by atoms with Crippen molar-refractivity contribution in [3.05, 3.63) is 87.4 Å². The maximum Gasteiger partial charge on any atom is 0.279 e. The molecule has 0 atom stereocenters. The lowest BCUT2D eigenvalue weighted by atomic mass is 10.2. The molecule has 0 saturated heterocycles. The largest absolute Gasteiger partial charge is 0.488 e. The molecule has 0 unspecified atom stereocenters. The third-order valence-electron chi connectivity index (χ3n) is 3.69. The molecule has 5 nitrogen and oxygen atoms in total. The van der Waals surface area contributed by atoms with Gasteiger partial charge in [0.05, 0.1) is 10.4 Å². The summed E-state index contributed by atoms with van der Waals surface area (Å²) in [5, 5.41) is 0. The number of hydrogen-bond acceptors (Lipinski definition) is 4. The van der Waals surface area contributed by atoms with Gasteiger partial charge in [0.15, 0.2) is 0 Å². The van der Waals surface area contributed by atoms with Crippen LogP contribution in [-0.2, 0) is 6.61 Å². The molecule has 2 N–H and O–H groups in total. The van der Waals surface area contributed by atoms with E-state index < -0.39 is 5.91 Å². The van der Waals surface area contributed by atoms with Gasteiger partial charge in [-0.05, 0) is 48.9 Å². The monoisotopic (exact) mass is 384 g/mol. The van der Waals surface area contributed by atoms with E-state index in [1.54, 1.807) is 42.5 Å². The molecule has 1 aromatic heterocycles. The number of carbonyl (C=O) groups excluding carboxylic acids is 2. The topological polar surface area (TPSA) is 67.4 Å². The molecule has 2 aromatic carbocycles. The van der Waals surface area contributed by atoms with Gasteiger partial charge < -0.3 is 4.74 Å². The van der Waals surface area contributed by atoms with E-state index in [1.165, 1.54) is 23.5 Å². The molecule has 7 heteroatoms. The highest BCUT2D eigenvalue weighted by atomic mass is 32.1. The first-order valence-corrected chi connectivity index (χ1v) is 8.98. The average Bonchev–Trinajstić information content (AvgIpc) is 3.12. The summed E-state index contributed by atoms with van der Waals surface area (Å²) in [5.41, 5.74) is 5.83. The molecule has 0 fully saturated rings. The Morgan fingerprint density at radius 1 is 0.963 bits per heavy atom. The van der Waals surface area contributed by atoms with E-state index in [9.17, 15) is 14.0 Å². The van der Waals surface area contributed by atoms with Gasteiger partial charge in [0, 0.05) is 4.88 Å². The predicted octanol–water partition coefficient (Wildman–Crippen LogP) is 3.85. The second-order valence-corrected chi connectivity index (χ2v) is 7.02. The summed E-state index contributed by atoms with van der Waals surface area (Å²) in [5.74, 6) is -0.840. The fourth-order valence-electron chi connectivity index (χ4n) is 2.32. The lowest BCUT2D eigenvalue weighted by Crippen LogP contribution is -2.41. The van der Waals surface area contributed by atoms with E-state index >= 15 is 0 Å². The predicted molar refractivity (Wildman–Crippen MR) is 101 cm³/mol. The molecule has 138 valence electrons. The smallest absolute Gasteiger partial charge is 0.279 e. The van der Waals surface area contributed by atoms with Gasteiger partial charge in [0.25, 0.3) is 11.8 Å². The summed E-state index contributed by atoms with van der Waals surface area (Å²) in [7, 11) is 0. The van der Waals surface area contributed by atoms with E-state index in [1.807, 2.05) is 13.0 Å². The second-order valence-electron chi connectivity index (χ2n) is 5.73. The lowest BCUT2D eigenvalue weighted by Gasteiger charge is -2.12. The van der Waals surface area contributed by atoms with Gasteiger partial charge in [-0.2, -0.15) is 0 Å². The van der Waals surface area contributed by atoms with Crippen LogP contribution in [0.25, 0.3) is 0 Å². The minimum Gasteiger partial charge on any atom is -0.488 e. The van der Waals surface area contributed by atoms with Gasteiger partial charge in [0.1, 0.15) is 18.2 Å². The maximum absolute atomic E-state index is 13.0. The van der Waals surface area contributed by atoms with Crippen LogP contribution in [0.15, 0.2) is 60.7 Å². The summed E-state index contributed by atoms with van der Waals surface area (Å²) in [6.07, 6.45) is 0. The fraction of sp³-hybridized carbons (Fsp3) is 0.100. The molecule has 0 aliphatic heterocycles. The Bertz CT molecular complexity index is 954. The van der Waals surface area contributed by atoms with Crippen molar-refractivity contribution in [2.24, 2.45) is 0 Å². The Labute approximate surface area is 159 Å². The van der Waals surface area contributed by atoms with Crippen LogP contribution in [0.1, 0.15) is 30.5 Å². The van der Waals surface area contributed by atoms with Crippen molar-refractivity contribution in [2.75, 3.05) is 0 Å². The molecule has 0 aliphatic rings. The fourth-order valence-corrected chi connectivity index (χ4v) is 3.08. The standard InChI is InChI=1S/C20H17FN2O3S/c1-13-6-11-18(27-13)20(25)23-22-19(24)16-4-2-3-5-17(16)26-12-14-7-9-15(21)10-8-14/h2-11H,12H2,1H3,(H,22,24)(H,23,25). The van der Waals surface area contributed by atoms with E-state index in [4.69, 9.17) is 4.74 Å². The molecule has 1 heterocycles. The zero-order chi connectivity index (χ0) is 19.2. The van der Waals surface area contributed by atoms with E-state index in [2.05, 4.69) is 10.9 Å². The minimum absolute atomic E-state index is 0.186. The van der Waals surface area contributed by atoms with E-state index in [0.29, 0.717) is 10.6 Å². The number of amides is 2. The molecule has 3 rings (SSSR count). The van der Waals surface area contributed by atoms with Crippen molar-refractivity contribution < 1.29 is 18.7 Å². The van der Waals surface area contributed by atoms with Gasteiger partial charge in [0.2, 0.25) is 0 Å². The van der Waals surface area contributed by atoms with Crippen molar-refractivity contribution >= 4 is 23.2 Å². The highest BCUT2D eigenvalue weighted by Crippen LogP contribution is 2.19. The Morgan fingerprint density at radius 3 is 2.37 bits per heavy atom. The quantitative estimate of drug-likeness (QED) is 0.657. The van der Waals surface area contributed by atoms with Crippen molar-refractivity contribution in [3.8, 4) is 5.75 Å². The van der Waals surface area contributed by atoms with Gasteiger partial charge in [-0.3, -0.25) is 20.4 Å². The van der Waals surface area contributed by atoms with E-state index in [-0.39, 0.29) is 23.9 Å². The van der Waals surface area contributed by atoms with Crippen LogP contribution in [0.4, 0.5) is 4.39 Å². The highest BCUT2D eigenvalue weighted by molar-refractivity contribution is 7.13. The summed E-state index contributed by atoms with van der Waals surface area (Å²) in [6.45, 7) is 2.08. The molecule has 27 heavy (non-hydrogen) atoms. The van der Waals surface area contributed by atoms with Crippen molar-refractivity contribution in [2.45, 2.75) is 13.5 Å². The molecule has 0 radical (unpaired) electrons. The number of carbonyl (C=O) groups is 2. The molecule has 0 bridgehead atoms. The number of benzene rings is 2. The van der Waals surface area contributed by atoms with Gasteiger partial charge in [-0.1, -0.05) is 24.3 Å². The van der Waals surface area contributed by atoms with Crippen LogP contribution in [0.2, 0.25) is 0 Å². The van der Waals surface area contributed by atoms with Gasteiger partial charge in [-0.25, -0.2) is 4.39 Å². The average molecular weight is 384 g/mol. The number of halogens is 1. The molecule has 0 saturated carbocycles. The molecule has 3 aromatic rings. The maximum atomic E-state index is 13.0. The zero-order valence-electron chi connectivity index (χ0n) is 14.5. The van der Waals surface area contributed by atoms with Crippen LogP contribution in [0.3, 0.4) is 0 Å². The number of hydrogen-bond donors (Lipinski definition) is 2. The third-order valence-corrected chi connectivity index (χ3v) is 4.69. The van der Waals surface area contributed by atoms with Crippen molar-refractivity contribution in [1.29, 1.82) is 0 Å². The Balaban J connectivity index is 1.62. The van der Waals surface area contributed by atoms with E-state index in [0.717, 1.165) is 10.4 Å². The lowest BCUT2D eigenvalue weighted by molar-refractivity contribution is 0.0846.